The first-order valence-electron chi connectivity index (χ1n) is 9.15. The molecule has 1 N–H and O–H groups in total. The fourth-order valence-corrected chi connectivity index (χ4v) is 3.14. The molecule has 0 radical (unpaired) electrons. The van der Waals surface area contributed by atoms with Crippen molar-refractivity contribution in [1.82, 2.24) is 0 Å². The number of benzene rings is 3. The van der Waals surface area contributed by atoms with E-state index < -0.39 is 23.4 Å². The molecule has 0 aliphatic heterocycles. The van der Waals surface area contributed by atoms with Crippen molar-refractivity contribution in [3.05, 3.63) is 87.9 Å². The van der Waals surface area contributed by atoms with Crippen LogP contribution in [0.3, 0.4) is 0 Å². The van der Waals surface area contributed by atoms with Crippen LogP contribution in [0.1, 0.15) is 28.4 Å². The number of methoxy groups -OCH3 is 1. The Kier molecular flexibility index (Phi) is 6.87. The Morgan fingerprint density at radius 1 is 1.00 bits per heavy atom. The number of halogens is 3. The number of ether oxygens (including phenoxy) is 2. The summed E-state index contributed by atoms with van der Waals surface area (Å²) in [7, 11) is 1.43. The molecule has 0 heterocycles. The average molecular weight is 446 g/mol. The maximum Gasteiger partial charge on any atom is 0.302 e. The summed E-state index contributed by atoms with van der Waals surface area (Å²) in [6.07, 6.45) is 0. The molecule has 0 aromatic heterocycles. The van der Waals surface area contributed by atoms with Crippen LogP contribution in [0, 0.1) is 11.6 Å². The maximum atomic E-state index is 13.9. The van der Waals surface area contributed by atoms with Crippen LogP contribution in [-0.2, 0) is 16.1 Å². The summed E-state index contributed by atoms with van der Waals surface area (Å²) >= 11 is 6.32. The molecule has 31 heavy (non-hydrogen) atoms. The van der Waals surface area contributed by atoms with Crippen LogP contribution in [0.25, 0.3) is 0 Å². The zero-order valence-electron chi connectivity index (χ0n) is 16.7. The molecule has 0 atom stereocenters. The number of ketones is 1. The average Bonchev–Trinajstić information content (AvgIpc) is 2.73. The summed E-state index contributed by atoms with van der Waals surface area (Å²) in [5, 5.41) is 2.92. The quantitative estimate of drug-likeness (QED) is 0.375. The van der Waals surface area contributed by atoms with E-state index in [1.807, 2.05) is 0 Å². The highest BCUT2D eigenvalue weighted by Crippen LogP contribution is 2.30. The predicted octanol–water partition coefficient (Wildman–Crippen LogP) is 5.66. The Balaban J connectivity index is 1.88. The molecule has 0 amide bonds. The highest BCUT2D eigenvalue weighted by molar-refractivity contribution is 6.35. The summed E-state index contributed by atoms with van der Waals surface area (Å²) in [5.74, 6) is -1.95. The van der Waals surface area contributed by atoms with Crippen molar-refractivity contribution in [3.8, 4) is 5.75 Å². The number of anilines is 2. The van der Waals surface area contributed by atoms with Crippen molar-refractivity contribution in [2.45, 2.75) is 13.5 Å². The van der Waals surface area contributed by atoms with Crippen LogP contribution in [-0.4, -0.2) is 18.9 Å². The predicted molar refractivity (Wildman–Crippen MR) is 113 cm³/mol. The van der Waals surface area contributed by atoms with Crippen molar-refractivity contribution in [3.63, 3.8) is 0 Å². The molecule has 0 saturated carbocycles. The lowest BCUT2D eigenvalue weighted by molar-refractivity contribution is -0.142. The minimum atomic E-state index is -0.759. The third-order valence-corrected chi connectivity index (χ3v) is 4.69. The second kappa shape index (κ2) is 9.57. The van der Waals surface area contributed by atoms with Crippen molar-refractivity contribution in [2.24, 2.45) is 0 Å². The molecule has 3 aromatic carbocycles. The van der Waals surface area contributed by atoms with Gasteiger partial charge >= 0.3 is 5.97 Å². The van der Waals surface area contributed by atoms with Gasteiger partial charge in [0.05, 0.1) is 23.4 Å². The normalized spacial score (nSPS) is 10.5. The summed E-state index contributed by atoms with van der Waals surface area (Å²) < 4.78 is 37.2. The smallest absolute Gasteiger partial charge is 0.302 e. The molecule has 8 heteroatoms. The largest absolute Gasteiger partial charge is 0.496 e. The Hall–Kier alpha value is -3.45. The van der Waals surface area contributed by atoms with E-state index in [1.54, 1.807) is 24.3 Å². The molecule has 0 aliphatic rings. The number of esters is 1. The summed E-state index contributed by atoms with van der Waals surface area (Å²) in [6.45, 7) is 1.31. The molecule has 0 spiro atoms. The number of hydrogen-bond acceptors (Lipinski definition) is 5. The zero-order valence-corrected chi connectivity index (χ0v) is 17.4. The molecule has 0 fully saturated rings. The first kappa shape index (κ1) is 22.2. The van der Waals surface area contributed by atoms with Crippen LogP contribution in [0.15, 0.2) is 54.6 Å². The third kappa shape index (κ3) is 5.38. The molecule has 160 valence electrons. The van der Waals surface area contributed by atoms with E-state index >= 15 is 0 Å². The zero-order chi connectivity index (χ0) is 22.5. The topological polar surface area (TPSA) is 64.6 Å². The number of rotatable bonds is 7. The van der Waals surface area contributed by atoms with Gasteiger partial charge in [0.15, 0.2) is 5.78 Å². The van der Waals surface area contributed by atoms with Crippen molar-refractivity contribution >= 4 is 34.7 Å². The van der Waals surface area contributed by atoms with E-state index in [0.29, 0.717) is 17.0 Å². The van der Waals surface area contributed by atoms with Gasteiger partial charge in [0.2, 0.25) is 0 Å². The highest BCUT2D eigenvalue weighted by atomic mass is 35.5. The second-order valence-electron chi connectivity index (χ2n) is 6.59. The lowest BCUT2D eigenvalue weighted by Gasteiger charge is -2.13. The molecular formula is C23H18ClF2NO4. The van der Waals surface area contributed by atoms with Crippen LogP contribution in [0.2, 0.25) is 5.02 Å². The van der Waals surface area contributed by atoms with Crippen LogP contribution >= 0.6 is 11.6 Å². The molecule has 5 nitrogen and oxygen atoms in total. The van der Waals surface area contributed by atoms with Gasteiger partial charge in [-0.2, -0.15) is 0 Å². The number of nitrogens with one attached hydrogen (secondary N) is 1. The molecule has 3 aromatic rings. The molecule has 3 rings (SSSR count). The fraction of sp³-hybridized carbons (Fsp3) is 0.130. The molecule has 0 saturated heterocycles. The minimum absolute atomic E-state index is 0.0133. The SMILES string of the molecule is COc1ccc(COC(C)=O)cc1C(=O)c1ccc(Nc2ccc(F)cc2F)cc1Cl. The van der Waals surface area contributed by atoms with E-state index in [4.69, 9.17) is 21.1 Å². The molecule has 0 aliphatic carbocycles. The minimum Gasteiger partial charge on any atom is -0.496 e. The van der Waals surface area contributed by atoms with Crippen molar-refractivity contribution in [2.75, 3.05) is 12.4 Å². The summed E-state index contributed by atoms with van der Waals surface area (Å²) in [5.41, 5.74) is 1.55. The highest BCUT2D eigenvalue weighted by Gasteiger charge is 2.19. The van der Waals surface area contributed by atoms with E-state index in [1.165, 1.54) is 32.2 Å². The standard InChI is InChI=1S/C23H18ClF2NO4/c1-13(28)31-12-14-3-8-22(30-2)18(9-14)23(29)17-6-5-16(11-19(17)24)27-21-7-4-15(25)10-20(21)26/h3-11,27H,12H2,1-2H3. The number of carbonyl (C=O) groups is 2. The van der Waals surface area contributed by atoms with Gasteiger partial charge in [-0.15, -0.1) is 0 Å². The molecule has 0 bridgehead atoms. The number of carbonyl (C=O) groups excluding carboxylic acids is 2. The van der Waals surface area contributed by atoms with Gasteiger partial charge in [-0.1, -0.05) is 17.7 Å². The van der Waals surface area contributed by atoms with E-state index in [2.05, 4.69) is 5.32 Å². The monoisotopic (exact) mass is 445 g/mol. The second-order valence-corrected chi connectivity index (χ2v) is 7.00. The summed E-state index contributed by atoms with van der Waals surface area (Å²) in [6, 6.07) is 12.5. The van der Waals surface area contributed by atoms with Gasteiger partial charge in [-0.05, 0) is 48.0 Å². The van der Waals surface area contributed by atoms with E-state index in [0.717, 1.165) is 12.1 Å². The van der Waals surface area contributed by atoms with Gasteiger partial charge in [0.1, 0.15) is 24.0 Å². The first-order valence-corrected chi connectivity index (χ1v) is 9.53. The van der Waals surface area contributed by atoms with Crippen molar-refractivity contribution < 1.29 is 27.8 Å². The number of hydrogen-bond donors (Lipinski definition) is 1. The van der Waals surface area contributed by atoms with Gasteiger partial charge in [-0.25, -0.2) is 8.78 Å². The van der Waals surface area contributed by atoms with E-state index in [9.17, 15) is 18.4 Å². The first-order chi connectivity index (χ1) is 14.8. The Morgan fingerprint density at radius 3 is 2.42 bits per heavy atom. The Morgan fingerprint density at radius 2 is 1.77 bits per heavy atom. The Labute approximate surface area is 182 Å². The van der Waals surface area contributed by atoms with Gasteiger partial charge < -0.3 is 14.8 Å². The lowest BCUT2D eigenvalue weighted by atomic mass is 10.00. The van der Waals surface area contributed by atoms with Gasteiger partial charge in [0, 0.05) is 24.2 Å². The Bertz CT molecular complexity index is 1150. The maximum absolute atomic E-state index is 13.9. The van der Waals surface area contributed by atoms with Crippen LogP contribution in [0.4, 0.5) is 20.2 Å². The molecule has 0 unspecified atom stereocenters. The lowest BCUT2D eigenvalue weighted by Crippen LogP contribution is -2.07. The van der Waals surface area contributed by atoms with Crippen LogP contribution < -0.4 is 10.1 Å². The molecular weight excluding hydrogens is 428 g/mol. The van der Waals surface area contributed by atoms with E-state index in [-0.39, 0.29) is 28.4 Å². The third-order valence-electron chi connectivity index (χ3n) is 4.37. The van der Waals surface area contributed by atoms with Crippen molar-refractivity contribution in [1.29, 1.82) is 0 Å². The van der Waals surface area contributed by atoms with Gasteiger partial charge in [-0.3, -0.25) is 9.59 Å². The summed E-state index contributed by atoms with van der Waals surface area (Å²) in [4.78, 5) is 24.2. The van der Waals surface area contributed by atoms with Gasteiger partial charge in [0.25, 0.3) is 0 Å². The van der Waals surface area contributed by atoms with Crippen LogP contribution in [0.5, 0.6) is 5.75 Å². The fourth-order valence-electron chi connectivity index (χ4n) is 2.88.